The van der Waals surface area contributed by atoms with Crippen LogP contribution in [-0.2, 0) is 6.42 Å². The molecule has 0 unspecified atom stereocenters. The van der Waals surface area contributed by atoms with Crippen LogP contribution in [0.3, 0.4) is 0 Å². The van der Waals surface area contributed by atoms with E-state index in [1.165, 1.54) is 38.6 Å². The van der Waals surface area contributed by atoms with Gasteiger partial charge in [-0.15, -0.1) is 0 Å². The SMILES string of the molecule is Cc1ccnc(-n2c3ccccc3c3ccc(Oc4cc(CC(C)C)cc(-n5cc(-c6c(C)cccc6C)cn5)c4)cc32)c1. The largest absolute Gasteiger partial charge is 0.457 e. The fourth-order valence-corrected chi connectivity index (χ4v) is 6.33. The monoisotopic (exact) mass is 576 g/mol. The Morgan fingerprint density at radius 2 is 1.55 bits per heavy atom. The summed E-state index contributed by atoms with van der Waals surface area (Å²) >= 11 is 0. The third kappa shape index (κ3) is 5.15. The Morgan fingerprint density at radius 1 is 0.750 bits per heavy atom. The molecule has 0 saturated heterocycles. The van der Waals surface area contributed by atoms with Crippen LogP contribution in [-0.4, -0.2) is 19.3 Å². The molecule has 5 heteroatoms. The zero-order valence-electron chi connectivity index (χ0n) is 25.9. The molecule has 3 heterocycles. The number of pyridine rings is 1. The van der Waals surface area contributed by atoms with E-state index >= 15 is 0 Å². The second kappa shape index (κ2) is 11.2. The molecule has 0 bridgehead atoms. The molecule has 0 N–H and O–H groups in total. The van der Waals surface area contributed by atoms with Gasteiger partial charge in [-0.25, -0.2) is 9.67 Å². The summed E-state index contributed by atoms with van der Waals surface area (Å²) in [6.45, 7) is 10.9. The van der Waals surface area contributed by atoms with E-state index in [4.69, 9.17) is 14.8 Å². The maximum Gasteiger partial charge on any atom is 0.137 e. The first kappa shape index (κ1) is 27.7. The normalized spacial score (nSPS) is 11.6. The Bertz CT molecular complexity index is 2130. The Morgan fingerprint density at radius 3 is 2.34 bits per heavy atom. The highest BCUT2D eigenvalue weighted by atomic mass is 16.5. The van der Waals surface area contributed by atoms with Crippen molar-refractivity contribution >= 4 is 21.8 Å². The zero-order chi connectivity index (χ0) is 30.4. The number of para-hydroxylation sites is 1. The highest BCUT2D eigenvalue weighted by molar-refractivity contribution is 6.09. The summed E-state index contributed by atoms with van der Waals surface area (Å²) in [5.74, 6) is 2.97. The maximum atomic E-state index is 6.64. The summed E-state index contributed by atoms with van der Waals surface area (Å²) in [7, 11) is 0. The van der Waals surface area contributed by atoms with E-state index < -0.39 is 0 Å². The minimum Gasteiger partial charge on any atom is -0.457 e. The van der Waals surface area contributed by atoms with Crippen LogP contribution < -0.4 is 4.74 Å². The van der Waals surface area contributed by atoms with Gasteiger partial charge in [0.15, 0.2) is 0 Å². The van der Waals surface area contributed by atoms with Gasteiger partial charge in [-0.2, -0.15) is 5.10 Å². The first-order valence-corrected chi connectivity index (χ1v) is 15.2. The first-order chi connectivity index (χ1) is 21.3. The van der Waals surface area contributed by atoms with E-state index in [0.29, 0.717) is 5.92 Å². The maximum absolute atomic E-state index is 6.64. The number of hydrogen-bond acceptors (Lipinski definition) is 3. The quantitative estimate of drug-likeness (QED) is 0.190. The van der Waals surface area contributed by atoms with Gasteiger partial charge < -0.3 is 4.74 Å². The second-order valence-corrected chi connectivity index (χ2v) is 12.2. The minimum atomic E-state index is 0.509. The average molecular weight is 577 g/mol. The molecule has 0 amide bonds. The van der Waals surface area contributed by atoms with Crippen LogP contribution in [0, 0.1) is 26.7 Å². The van der Waals surface area contributed by atoms with Gasteiger partial charge in [-0.3, -0.25) is 4.57 Å². The third-order valence-electron chi connectivity index (χ3n) is 8.22. The number of rotatable bonds is 7. The standard InChI is InChI=1S/C39H36N4O/c1-25(2)17-29-19-31(42-24-30(23-41-42)39-27(4)9-8-10-28(39)5)21-33(20-29)44-32-13-14-35-34-11-6-7-12-36(34)43(37(35)22-32)38-18-26(3)15-16-40-38/h6-16,18-25H,17H2,1-5H3. The van der Waals surface area contributed by atoms with Gasteiger partial charge in [0.1, 0.15) is 17.3 Å². The molecule has 0 fully saturated rings. The lowest BCUT2D eigenvalue weighted by molar-refractivity contribution is 0.481. The number of fused-ring (bicyclic) bond motifs is 3. The zero-order valence-corrected chi connectivity index (χ0v) is 25.9. The molecular formula is C39H36N4O. The van der Waals surface area contributed by atoms with Gasteiger partial charge in [0, 0.05) is 40.9 Å². The van der Waals surface area contributed by atoms with Gasteiger partial charge >= 0.3 is 0 Å². The van der Waals surface area contributed by atoms with Gasteiger partial charge in [-0.1, -0.05) is 50.2 Å². The molecule has 0 atom stereocenters. The van der Waals surface area contributed by atoms with Crippen molar-refractivity contribution in [2.75, 3.05) is 0 Å². The third-order valence-corrected chi connectivity index (χ3v) is 8.22. The summed E-state index contributed by atoms with van der Waals surface area (Å²) < 4.78 is 10.8. The van der Waals surface area contributed by atoms with Crippen molar-refractivity contribution in [3.8, 4) is 34.1 Å². The fourth-order valence-electron chi connectivity index (χ4n) is 6.33. The lowest BCUT2D eigenvalue weighted by atomic mass is 9.98. The van der Waals surface area contributed by atoms with E-state index in [1.807, 2.05) is 23.1 Å². The van der Waals surface area contributed by atoms with Crippen molar-refractivity contribution in [3.63, 3.8) is 0 Å². The minimum absolute atomic E-state index is 0.509. The van der Waals surface area contributed by atoms with Crippen molar-refractivity contribution in [1.82, 2.24) is 19.3 Å². The second-order valence-electron chi connectivity index (χ2n) is 12.2. The molecule has 7 aromatic rings. The summed E-state index contributed by atoms with van der Waals surface area (Å²) in [5, 5.41) is 7.14. The smallest absolute Gasteiger partial charge is 0.137 e. The van der Waals surface area contributed by atoms with Gasteiger partial charge in [0.2, 0.25) is 0 Å². The van der Waals surface area contributed by atoms with Crippen molar-refractivity contribution in [3.05, 3.63) is 132 Å². The highest BCUT2D eigenvalue weighted by Crippen LogP contribution is 2.36. The van der Waals surface area contributed by atoms with Crippen LogP contribution in [0.5, 0.6) is 11.5 Å². The topological polar surface area (TPSA) is 44.9 Å². The predicted octanol–water partition coefficient (Wildman–Crippen LogP) is 9.95. The lowest BCUT2D eigenvalue weighted by Gasteiger charge is -2.13. The molecule has 0 radical (unpaired) electrons. The molecule has 0 aliphatic heterocycles. The molecule has 3 aromatic heterocycles. The molecule has 0 saturated carbocycles. The fraction of sp³-hybridized carbons (Fsp3) is 0.179. The number of aryl methyl sites for hydroxylation is 3. The van der Waals surface area contributed by atoms with Crippen LogP contribution in [0.1, 0.15) is 36.1 Å². The molecule has 5 nitrogen and oxygen atoms in total. The lowest BCUT2D eigenvalue weighted by Crippen LogP contribution is -2.00. The Hall–Kier alpha value is -5.16. The Balaban J connectivity index is 1.31. The van der Waals surface area contributed by atoms with E-state index in [1.54, 1.807) is 0 Å². The van der Waals surface area contributed by atoms with Crippen LogP contribution in [0.25, 0.3) is 44.4 Å². The molecule has 7 rings (SSSR count). The van der Waals surface area contributed by atoms with E-state index in [2.05, 4.69) is 130 Å². The molecule has 0 aliphatic carbocycles. The van der Waals surface area contributed by atoms with Crippen LogP contribution in [0.2, 0.25) is 0 Å². The van der Waals surface area contributed by atoms with Crippen molar-refractivity contribution in [1.29, 1.82) is 0 Å². The van der Waals surface area contributed by atoms with Gasteiger partial charge in [0.25, 0.3) is 0 Å². The summed E-state index contributed by atoms with van der Waals surface area (Å²) in [6.07, 6.45) is 6.89. The van der Waals surface area contributed by atoms with E-state index in [9.17, 15) is 0 Å². The van der Waals surface area contributed by atoms with Gasteiger partial charge in [-0.05, 0) is 103 Å². The molecular weight excluding hydrogens is 540 g/mol. The van der Waals surface area contributed by atoms with Crippen LogP contribution >= 0.6 is 0 Å². The van der Waals surface area contributed by atoms with E-state index in [0.717, 1.165) is 46.0 Å². The number of nitrogens with zero attached hydrogens (tertiary/aromatic N) is 4. The van der Waals surface area contributed by atoms with Crippen LogP contribution in [0.15, 0.2) is 110 Å². The summed E-state index contributed by atoms with van der Waals surface area (Å²) in [4.78, 5) is 4.73. The van der Waals surface area contributed by atoms with Crippen molar-refractivity contribution in [2.45, 2.75) is 41.0 Å². The molecule has 218 valence electrons. The van der Waals surface area contributed by atoms with Gasteiger partial charge in [0.05, 0.1) is 22.9 Å². The summed E-state index contributed by atoms with van der Waals surface area (Å²) in [6, 6.07) is 31.8. The predicted molar refractivity (Wildman–Crippen MR) is 180 cm³/mol. The molecule has 0 spiro atoms. The first-order valence-electron chi connectivity index (χ1n) is 15.2. The van der Waals surface area contributed by atoms with Crippen molar-refractivity contribution < 1.29 is 4.74 Å². The average Bonchev–Trinajstić information content (AvgIpc) is 3.60. The van der Waals surface area contributed by atoms with Crippen molar-refractivity contribution in [2.24, 2.45) is 5.92 Å². The highest BCUT2D eigenvalue weighted by Gasteiger charge is 2.15. The molecule has 0 aliphatic rings. The Labute approximate surface area is 258 Å². The summed E-state index contributed by atoms with van der Waals surface area (Å²) in [5.41, 5.74) is 10.4. The molecule has 44 heavy (non-hydrogen) atoms. The number of benzene rings is 4. The number of aromatic nitrogens is 4. The number of hydrogen-bond donors (Lipinski definition) is 0. The van der Waals surface area contributed by atoms with E-state index in [-0.39, 0.29) is 0 Å². The number of ether oxygens (including phenoxy) is 1. The Kier molecular flexibility index (Phi) is 7.01. The molecule has 4 aromatic carbocycles. The van der Waals surface area contributed by atoms with Crippen LogP contribution in [0.4, 0.5) is 0 Å².